The van der Waals surface area contributed by atoms with E-state index in [1.165, 1.54) is 4.90 Å². The molecule has 0 aromatic heterocycles. The Labute approximate surface area is 153 Å². The minimum Gasteiger partial charge on any atom is -0.489 e. The molecule has 0 aliphatic heterocycles. The molecule has 0 spiro atoms. The second kappa shape index (κ2) is 9.42. The van der Waals surface area contributed by atoms with E-state index in [1.54, 1.807) is 14.1 Å². The summed E-state index contributed by atoms with van der Waals surface area (Å²) in [5.41, 5.74) is 2.01. The zero-order chi connectivity index (χ0) is 18.2. The minimum atomic E-state index is -0.603. The summed E-state index contributed by atoms with van der Waals surface area (Å²) in [4.78, 5) is 13.3. The minimum absolute atomic E-state index is 0.149. The van der Waals surface area contributed by atoms with E-state index in [-0.39, 0.29) is 12.5 Å². The number of hydrogen-bond acceptors (Lipinski definition) is 4. The average Bonchev–Trinajstić information content (AvgIpc) is 2.61. The lowest BCUT2D eigenvalue weighted by atomic mass is 10.2. The Balaban J connectivity index is 1.86. The number of aliphatic hydroxyl groups is 1. The van der Waals surface area contributed by atoms with E-state index in [0.717, 1.165) is 16.9 Å². The maximum atomic E-state index is 11.9. The van der Waals surface area contributed by atoms with Gasteiger partial charge in [0, 0.05) is 25.7 Å². The van der Waals surface area contributed by atoms with E-state index in [9.17, 15) is 9.90 Å². The molecule has 2 rings (SSSR count). The third-order valence-electron chi connectivity index (χ3n) is 3.69. The number of aliphatic hydroxyl groups excluding tert-OH is 1. The first-order valence-corrected chi connectivity index (χ1v) is 8.39. The Morgan fingerprint density at radius 2 is 1.92 bits per heavy atom. The highest BCUT2D eigenvalue weighted by atomic mass is 35.5. The maximum absolute atomic E-state index is 11.9. The van der Waals surface area contributed by atoms with Crippen LogP contribution in [0.5, 0.6) is 5.75 Å². The van der Waals surface area contributed by atoms with Gasteiger partial charge >= 0.3 is 0 Å². The van der Waals surface area contributed by atoms with Crippen LogP contribution in [-0.4, -0.2) is 42.7 Å². The number of nitrogens with one attached hydrogen (secondary N) is 1. The van der Waals surface area contributed by atoms with Crippen LogP contribution in [0.15, 0.2) is 48.5 Å². The molecule has 0 aliphatic rings. The van der Waals surface area contributed by atoms with E-state index in [2.05, 4.69) is 5.32 Å². The second-order valence-electron chi connectivity index (χ2n) is 5.91. The monoisotopic (exact) mass is 362 g/mol. The Morgan fingerprint density at radius 3 is 2.52 bits per heavy atom. The summed E-state index contributed by atoms with van der Waals surface area (Å²) in [6, 6.07) is 14.6. The molecule has 6 heteroatoms. The van der Waals surface area contributed by atoms with Crippen molar-refractivity contribution in [2.75, 3.05) is 20.7 Å². The number of halogens is 1. The summed E-state index contributed by atoms with van der Waals surface area (Å²) in [5, 5.41) is 13.1. The first-order chi connectivity index (χ1) is 12.0. The molecule has 0 heterocycles. The molecular formula is C19H23ClN2O3. The van der Waals surface area contributed by atoms with Crippen LogP contribution in [0.3, 0.4) is 0 Å². The van der Waals surface area contributed by atoms with Crippen LogP contribution >= 0.6 is 11.6 Å². The molecule has 0 fully saturated rings. The normalized spacial score (nSPS) is 11.8. The number of amides is 1. The first-order valence-electron chi connectivity index (χ1n) is 8.01. The number of hydrogen-bond donors (Lipinski definition) is 2. The highest BCUT2D eigenvalue weighted by molar-refractivity contribution is 6.30. The highest BCUT2D eigenvalue weighted by Gasteiger charge is 2.18. The fourth-order valence-electron chi connectivity index (χ4n) is 2.28. The van der Waals surface area contributed by atoms with Gasteiger partial charge in [0.2, 0.25) is 5.91 Å². The Morgan fingerprint density at radius 1 is 1.20 bits per heavy atom. The van der Waals surface area contributed by atoms with Crippen molar-refractivity contribution in [1.82, 2.24) is 10.2 Å². The molecule has 5 nitrogen and oxygen atoms in total. The standard InChI is InChI=1S/C19H23ClN2O3/c1-22(2)19(24)18(12-23)21-11-14-6-8-17(9-7-14)25-13-15-4-3-5-16(20)10-15/h3-10,18,21,23H,11-13H2,1-2H3/t18-/m0/s1. The van der Waals surface area contributed by atoms with Gasteiger partial charge in [-0.1, -0.05) is 35.9 Å². The molecule has 0 aliphatic carbocycles. The van der Waals surface area contributed by atoms with Gasteiger partial charge < -0.3 is 14.7 Å². The summed E-state index contributed by atoms with van der Waals surface area (Å²) in [6.45, 7) is 0.694. The van der Waals surface area contributed by atoms with Gasteiger partial charge in [0.1, 0.15) is 18.4 Å². The molecule has 2 aromatic carbocycles. The van der Waals surface area contributed by atoms with Gasteiger partial charge in [-0.05, 0) is 35.4 Å². The van der Waals surface area contributed by atoms with Gasteiger partial charge in [-0.3, -0.25) is 10.1 Å². The van der Waals surface area contributed by atoms with Crippen molar-refractivity contribution in [2.24, 2.45) is 0 Å². The summed E-state index contributed by atoms with van der Waals surface area (Å²) in [5.74, 6) is 0.607. The number of rotatable bonds is 8. The van der Waals surface area contributed by atoms with Crippen molar-refractivity contribution in [1.29, 1.82) is 0 Å². The van der Waals surface area contributed by atoms with Crippen LogP contribution in [0.4, 0.5) is 0 Å². The lowest BCUT2D eigenvalue weighted by Gasteiger charge is -2.19. The van der Waals surface area contributed by atoms with Crippen molar-refractivity contribution in [3.8, 4) is 5.75 Å². The van der Waals surface area contributed by atoms with Gasteiger partial charge in [0.15, 0.2) is 0 Å². The molecule has 1 amide bonds. The van der Waals surface area contributed by atoms with E-state index >= 15 is 0 Å². The SMILES string of the molecule is CN(C)C(=O)[C@H](CO)NCc1ccc(OCc2cccc(Cl)c2)cc1. The molecule has 0 bridgehead atoms. The number of likely N-dealkylation sites (N-methyl/N-ethyl adjacent to an activating group) is 1. The molecule has 2 N–H and O–H groups in total. The third-order valence-corrected chi connectivity index (χ3v) is 3.93. The summed E-state index contributed by atoms with van der Waals surface area (Å²) < 4.78 is 5.74. The smallest absolute Gasteiger partial charge is 0.241 e. The van der Waals surface area contributed by atoms with Crippen LogP contribution in [0.25, 0.3) is 0 Å². The van der Waals surface area contributed by atoms with Gasteiger partial charge in [-0.15, -0.1) is 0 Å². The van der Waals surface area contributed by atoms with E-state index in [1.807, 2.05) is 48.5 Å². The number of ether oxygens (including phenoxy) is 1. The molecule has 0 saturated carbocycles. The molecule has 0 saturated heterocycles. The summed E-state index contributed by atoms with van der Waals surface area (Å²) in [6.07, 6.45) is 0. The number of benzene rings is 2. The van der Waals surface area contributed by atoms with Crippen molar-refractivity contribution >= 4 is 17.5 Å². The highest BCUT2D eigenvalue weighted by Crippen LogP contribution is 2.16. The fraction of sp³-hybridized carbons (Fsp3) is 0.316. The van der Waals surface area contributed by atoms with E-state index in [0.29, 0.717) is 18.2 Å². The average molecular weight is 363 g/mol. The van der Waals surface area contributed by atoms with Crippen LogP contribution < -0.4 is 10.1 Å². The molecular weight excluding hydrogens is 340 g/mol. The predicted octanol–water partition coefficient (Wildman–Crippen LogP) is 2.46. The quantitative estimate of drug-likeness (QED) is 0.757. The molecule has 0 radical (unpaired) electrons. The Hall–Kier alpha value is -2.08. The van der Waals surface area contributed by atoms with Crippen LogP contribution in [-0.2, 0) is 17.9 Å². The summed E-state index contributed by atoms with van der Waals surface area (Å²) >= 11 is 5.95. The van der Waals surface area contributed by atoms with Gasteiger partial charge in [0.05, 0.1) is 6.61 Å². The number of carbonyl (C=O) groups is 1. The van der Waals surface area contributed by atoms with Crippen molar-refractivity contribution in [2.45, 2.75) is 19.2 Å². The van der Waals surface area contributed by atoms with Gasteiger partial charge in [-0.25, -0.2) is 0 Å². The van der Waals surface area contributed by atoms with Crippen LogP contribution in [0.2, 0.25) is 5.02 Å². The van der Waals surface area contributed by atoms with Crippen LogP contribution in [0.1, 0.15) is 11.1 Å². The van der Waals surface area contributed by atoms with Crippen LogP contribution in [0, 0.1) is 0 Å². The lowest BCUT2D eigenvalue weighted by Crippen LogP contribution is -2.45. The van der Waals surface area contributed by atoms with Gasteiger partial charge in [0.25, 0.3) is 0 Å². The molecule has 1 atom stereocenters. The largest absolute Gasteiger partial charge is 0.489 e. The Bertz CT molecular complexity index is 689. The zero-order valence-corrected chi connectivity index (χ0v) is 15.2. The summed E-state index contributed by atoms with van der Waals surface area (Å²) in [7, 11) is 3.33. The van der Waals surface area contributed by atoms with Crippen molar-refractivity contribution in [3.05, 3.63) is 64.7 Å². The van der Waals surface area contributed by atoms with E-state index in [4.69, 9.17) is 16.3 Å². The number of nitrogens with zero attached hydrogens (tertiary/aromatic N) is 1. The number of carbonyl (C=O) groups excluding carboxylic acids is 1. The molecule has 0 unspecified atom stereocenters. The fourth-order valence-corrected chi connectivity index (χ4v) is 2.49. The topological polar surface area (TPSA) is 61.8 Å². The van der Waals surface area contributed by atoms with Gasteiger partial charge in [-0.2, -0.15) is 0 Å². The van der Waals surface area contributed by atoms with Crippen molar-refractivity contribution < 1.29 is 14.6 Å². The maximum Gasteiger partial charge on any atom is 0.241 e. The Kier molecular flexibility index (Phi) is 7.25. The molecule has 2 aromatic rings. The van der Waals surface area contributed by atoms with Crippen molar-refractivity contribution in [3.63, 3.8) is 0 Å². The second-order valence-corrected chi connectivity index (χ2v) is 6.35. The lowest BCUT2D eigenvalue weighted by molar-refractivity contribution is -0.131. The third kappa shape index (κ3) is 6.05. The predicted molar refractivity (Wildman–Crippen MR) is 98.6 cm³/mol. The molecule has 25 heavy (non-hydrogen) atoms. The van der Waals surface area contributed by atoms with E-state index < -0.39 is 6.04 Å². The zero-order valence-electron chi connectivity index (χ0n) is 14.4. The molecule has 134 valence electrons. The first kappa shape index (κ1) is 19.2.